The molecule has 2 aromatic carbocycles. The van der Waals surface area contributed by atoms with Crippen LogP contribution in [0.3, 0.4) is 0 Å². The largest absolute Gasteiger partial charge is 0.415 e. The Morgan fingerprint density at radius 2 is 1.66 bits per heavy atom. The van der Waals surface area contributed by atoms with Gasteiger partial charge in [-0.3, -0.25) is 4.98 Å². The molecule has 5 heteroatoms. The fraction of sp³-hybridized carbons (Fsp3) is 0.407. The van der Waals surface area contributed by atoms with E-state index in [0.29, 0.717) is 24.8 Å². The van der Waals surface area contributed by atoms with Crippen molar-refractivity contribution in [2.24, 2.45) is 0 Å². The van der Waals surface area contributed by atoms with E-state index in [2.05, 4.69) is 46.3 Å². The zero-order valence-corrected chi connectivity index (χ0v) is 18.8. The Balaban J connectivity index is 1.20. The quantitative estimate of drug-likeness (QED) is 0.519. The Morgan fingerprint density at radius 3 is 2.41 bits per heavy atom. The van der Waals surface area contributed by atoms with Gasteiger partial charge >= 0.3 is 6.09 Å². The van der Waals surface area contributed by atoms with Gasteiger partial charge in [-0.05, 0) is 55.5 Å². The summed E-state index contributed by atoms with van der Waals surface area (Å²) in [5.74, 6) is 1.29. The van der Waals surface area contributed by atoms with Crippen LogP contribution in [0, 0.1) is 6.92 Å². The van der Waals surface area contributed by atoms with Crippen LogP contribution < -0.4 is 9.64 Å². The summed E-state index contributed by atoms with van der Waals surface area (Å²) in [7, 11) is 0. The summed E-state index contributed by atoms with van der Waals surface area (Å²) in [6.45, 7) is 4.89. The summed E-state index contributed by atoms with van der Waals surface area (Å²) < 4.78 is 5.68. The predicted molar refractivity (Wildman–Crippen MR) is 129 cm³/mol. The number of pyridine rings is 1. The molecule has 5 nitrogen and oxygen atoms in total. The molecule has 0 spiro atoms. The van der Waals surface area contributed by atoms with Crippen molar-refractivity contribution < 1.29 is 9.53 Å². The molecule has 2 heterocycles. The molecule has 5 rings (SSSR count). The minimum atomic E-state index is -0.258. The molecule has 2 fully saturated rings. The van der Waals surface area contributed by atoms with Gasteiger partial charge in [-0.1, -0.05) is 49.6 Å². The third-order valence-corrected chi connectivity index (χ3v) is 6.86. The highest BCUT2D eigenvalue weighted by molar-refractivity contribution is 5.92. The normalized spacial score (nSPS) is 17.5. The molecule has 3 aromatic rings. The molecule has 2 aliphatic rings. The van der Waals surface area contributed by atoms with E-state index < -0.39 is 0 Å². The Kier molecular flexibility index (Phi) is 5.97. The summed E-state index contributed by atoms with van der Waals surface area (Å²) >= 11 is 0. The predicted octanol–water partition coefficient (Wildman–Crippen LogP) is 5.91. The van der Waals surface area contributed by atoms with Crippen molar-refractivity contribution in [1.82, 2.24) is 9.88 Å². The summed E-state index contributed by atoms with van der Waals surface area (Å²) in [5, 5.41) is 1.16. The zero-order valence-electron chi connectivity index (χ0n) is 18.8. The van der Waals surface area contributed by atoms with Crippen LogP contribution in [0.2, 0.25) is 0 Å². The molecule has 0 unspecified atom stereocenters. The molecule has 0 bridgehead atoms. The number of aryl methyl sites for hydroxylation is 1. The van der Waals surface area contributed by atoms with Crippen LogP contribution in [0.4, 0.5) is 10.5 Å². The molecule has 0 radical (unpaired) electrons. The number of rotatable bonds is 3. The number of aromatic nitrogens is 1. The van der Waals surface area contributed by atoms with Gasteiger partial charge in [-0.2, -0.15) is 0 Å². The second kappa shape index (κ2) is 9.19. The maximum Gasteiger partial charge on any atom is 0.415 e. The first-order chi connectivity index (χ1) is 15.7. The van der Waals surface area contributed by atoms with E-state index in [-0.39, 0.29) is 6.09 Å². The van der Waals surface area contributed by atoms with Crippen LogP contribution in [0.25, 0.3) is 10.9 Å². The molecule has 32 heavy (non-hydrogen) atoms. The number of nitrogens with zero attached hydrogens (tertiary/aromatic N) is 3. The van der Waals surface area contributed by atoms with E-state index in [1.807, 2.05) is 30.0 Å². The van der Waals surface area contributed by atoms with E-state index in [1.165, 1.54) is 43.4 Å². The molecule has 1 aliphatic carbocycles. The van der Waals surface area contributed by atoms with Gasteiger partial charge in [0.05, 0.1) is 5.52 Å². The van der Waals surface area contributed by atoms with E-state index >= 15 is 0 Å². The lowest BCUT2D eigenvalue weighted by atomic mass is 9.84. The number of carbonyl (C=O) groups excluding carboxylic acids is 1. The van der Waals surface area contributed by atoms with Crippen LogP contribution in [0.1, 0.15) is 49.3 Å². The third-order valence-electron chi connectivity index (χ3n) is 6.86. The number of benzene rings is 2. The second-order valence-corrected chi connectivity index (χ2v) is 9.05. The van der Waals surface area contributed by atoms with Crippen LogP contribution in [0.15, 0.2) is 54.6 Å². The topological polar surface area (TPSA) is 45.7 Å². The van der Waals surface area contributed by atoms with Crippen LogP contribution >= 0.6 is 0 Å². The van der Waals surface area contributed by atoms with Crippen molar-refractivity contribution in [1.29, 1.82) is 0 Å². The van der Waals surface area contributed by atoms with Gasteiger partial charge in [-0.15, -0.1) is 0 Å². The van der Waals surface area contributed by atoms with Crippen LogP contribution in [-0.2, 0) is 0 Å². The third kappa shape index (κ3) is 4.43. The fourth-order valence-corrected chi connectivity index (χ4v) is 5.09. The summed E-state index contributed by atoms with van der Waals surface area (Å²) in [6.07, 6.45) is 6.29. The number of hydrogen-bond acceptors (Lipinski definition) is 4. The van der Waals surface area contributed by atoms with E-state index in [9.17, 15) is 4.79 Å². The lowest BCUT2D eigenvalue weighted by molar-refractivity contribution is 0.149. The number of para-hydroxylation sites is 1. The molecule has 0 atom stereocenters. The number of amides is 1. The lowest BCUT2D eigenvalue weighted by Crippen LogP contribution is -2.49. The SMILES string of the molecule is Cc1cc(N2CCN(C(=O)Oc3ccc(C4CCCCC4)cc3)CC2)c2ccccc2n1. The van der Waals surface area contributed by atoms with E-state index in [1.54, 1.807) is 0 Å². The average Bonchev–Trinajstić information content (AvgIpc) is 2.84. The van der Waals surface area contributed by atoms with Crippen molar-refractivity contribution in [3.05, 3.63) is 65.9 Å². The molecule has 166 valence electrons. The standard InChI is InChI=1S/C27H31N3O2/c1-20-19-26(24-9-5-6-10-25(24)28-20)29-15-17-30(18-16-29)27(31)32-23-13-11-22(12-14-23)21-7-3-2-4-8-21/h5-6,9-14,19,21H,2-4,7-8,15-18H2,1H3. The van der Waals surface area contributed by atoms with Crippen LogP contribution in [-0.4, -0.2) is 42.2 Å². The first-order valence-electron chi connectivity index (χ1n) is 11.9. The van der Waals surface area contributed by atoms with E-state index in [0.717, 1.165) is 29.7 Å². The minimum absolute atomic E-state index is 0.258. The van der Waals surface area contributed by atoms with Gasteiger partial charge in [-0.25, -0.2) is 4.79 Å². The fourth-order valence-electron chi connectivity index (χ4n) is 5.09. The Labute approximate surface area is 190 Å². The first kappa shape index (κ1) is 20.8. The van der Waals surface area contributed by atoms with Crippen molar-refractivity contribution in [2.45, 2.75) is 44.9 Å². The van der Waals surface area contributed by atoms with Crippen molar-refractivity contribution in [3.63, 3.8) is 0 Å². The van der Waals surface area contributed by atoms with Gasteiger partial charge in [0, 0.05) is 42.9 Å². The monoisotopic (exact) mass is 429 g/mol. The smallest absolute Gasteiger partial charge is 0.410 e. The molecule has 1 aromatic heterocycles. The van der Waals surface area contributed by atoms with Gasteiger partial charge < -0.3 is 14.5 Å². The molecular formula is C27H31N3O2. The Hall–Kier alpha value is -3.08. The highest BCUT2D eigenvalue weighted by Crippen LogP contribution is 2.33. The van der Waals surface area contributed by atoms with Gasteiger partial charge in [0.15, 0.2) is 0 Å². The zero-order chi connectivity index (χ0) is 21.9. The molecule has 1 saturated heterocycles. The number of ether oxygens (including phenoxy) is 1. The van der Waals surface area contributed by atoms with Crippen molar-refractivity contribution in [2.75, 3.05) is 31.1 Å². The number of piperazine rings is 1. The molecule has 0 N–H and O–H groups in total. The van der Waals surface area contributed by atoms with E-state index in [4.69, 9.17) is 4.74 Å². The van der Waals surface area contributed by atoms with Crippen molar-refractivity contribution >= 4 is 22.7 Å². The lowest BCUT2D eigenvalue weighted by Gasteiger charge is -2.36. The summed E-state index contributed by atoms with van der Waals surface area (Å²) in [5.41, 5.74) is 4.59. The number of hydrogen-bond donors (Lipinski definition) is 0. The molecule has 1 saturated carbocycles. The number of carbonyl (C=O) groups is 1. The highest BCUT2D eigenvalue weighted by atomic mass is 16.6. The minimum Gasteiger partial charge on any atom is -0.410 e. The van der Waals surface area contributed by atoms with Crippen molar-refractivity contribution in [3.8, 4) is 5.75 Å². The summed E-state index contributed by atoms with van der Waals surface area (Å²) in [6, 6.07) is 18.6. The van der Waals surface area contributed by atoms with Gasteiger partial charge in [0.2, 0.25) is 0 Å². The average molecular weight is 430 g/mol. The summed E-state index contributed by atoms with van der Waals surface area (Å²) in [4.78, 5) is 21.5. The number of fused-ring (bicyclic) bond motifs is 1. The van der Waals surface area contributed by atoms with Crippen LogP contribution in [0.5, 0.6) is 5.75 Å². The molecular weight excluding hydrogens is 398 g/mol. The maximum absolute atomic E-state index is 12.7. The second-order valence-electron chi connectivity index (χ2n) is 9.05. The molecule has 1 amide bonds. The maximum atomic E-state index is 12.7. The molecule has 1 aliphatic heterocycles. The number of anilines is 1. The van der Waals surface area contributed by atoms with Gasteiger partial charge in [0.25, 0.3) is 0 Å². The highest BCUT2D eigenvalue weighted by Gasteiger charge is 2.24. The Bertz CT molecular complexity index is 1080. The Morgan fingerprint density at radius 1 is 0.938 bits per heavy atom. The van der Waals surface area contributed by atoms with Gasteiger partial charge in [0.1, 0.15) is 5.75 Å². The first-order valence-corrected chi connectivity index (χ1v) is 11.9.